The quantitative estimate of drug-likeness (QED) is 0.195. The van der Waals surface area contributed by atoms with Gasteiger partial charge in [-0.25, -0.2) is 0 Å². The van der Waals surface area contributed by atoms with Gasteiger partial charge in [0.2, 0.25) is 0 Å². The minimum absolute atomic E-state index is 0.0845. The number of ether oxygens (including phenoxy) is 2. The van der Waals surface area contributed by atoms with Crippen molar-refractivity contribution < 1.29 is 14.6 Å². The second-order valence-electron chi connectivity index (χ2n) is 13.5. The predicted molar refractivity (Wildman–Crippen MR) is 209 cm³/mol. The zero-order chi connectivity index (χ0) is 34.9. The number of hydrogen-bond donors (Lipinski definition) is 1. The largest absolute Gasteiger partial charge is 0.508 e. The lowest BCUT2D eigenvalue weighted by molar-refractivity contribution is -0.105. The number of anilines is 4. The SMILES string of the molecule is CN(c1ccc(Cl)cc1)C1CCN(c2ccc(O)cc2)CC1.CN(c1ccc(Cl)cc1)C1CCN(c2ccc(OC3CCCCO3)cc2)CC1. The highest BCUT2D eigenvalue weighted by Gasteiger charge is 2.24. The van der Waals surface area contributed by atoms with E-state index in [-0.39, 0.29) is 6.29 Å². The maximum absolute atomic E-state index is 9.38. The molecule has 1 unspecified atom stereocenters. The summed E-state index contributed by atoms with van der Waals surface area (Å²) in [6, 6.07) is 33.2. The van der Waals surface area contributed by atoms with Gasteiger partial charge in [-0.05, 0) is 136 Å². The molecule has 3 heterocycles. The Balaban J connectivity index is 0.000000178. The van der Waals surface area contributed by atoms with E-state index in [0.717, 1.165) is 87.1 Å². The molecule has 1 N–H and O–H groups in total. The molecule has 4 aromatic carbocycles. The fraction of sp³-hybridized carbons (Fsp3) is 0.415. The van der Waals surface area contributed by atoms with Crippen LogP contribution in [0.3, 0.4) is 0 Å². The topological polar surface area (TPSA) is 51.7 Å². The highest BCUT2D eigenvalue weighted by Crippen LogP contribution is 2.29. The molecule has 0 aliphatic carbocycles. The molecule has 7 nitrogen and oxygen atoms in total. The lowest BCUT2D eigenvalue weighted by atomic mass is 10.0. The minimum Gasteiger partial charge on any atom is -0.508 e. The first-order valence-corrected chi connectivity index (χ1v) is 18.7. The lowest BCUT2D eigenvalue weighted by Gasteiger charge is -2.39. The first-order valence-electron chi connectivity index (χ1n) is 18.0. The summed E-state index contributed by atoms with van der Waals surface area (Å²) in [7, 11) is 4.34. The molecule has 7 rings (SSSR count). The Kier molecular flexibility index (Phi) is 12.6. The molecule has 0 aromatic heterocycles. The van der Waals surface area contributed by atoms with E-state index in [1.807, 2.05) is 36.4 Å². The van der Waals surface area contributed by atoms with Crippen LogP contribution in [0.4, 0.5) is 22.7 Å². The normalized spacial score (nSPS) is 18.6. The first-order chi connectivity index (χ1) is 24.3. The number of piperidine rings is 2. The number of nitrogens with zero attached hydrogens (tertiary/aromatic N) is 4. The predicted octanol–water partition coefficient (Wildman–Crippen LogP) is 9.50. The number of halogens is 2. The van der Waals surface area contributed by atoms with Crippen LogP contribution in [0.2, 0.25) is 10.0 Å². The van der Waals surface area contributed by atoms with Gasteiger partial charge in [-0.1, -0.05) is 23.2 Å². The summed E-state index contributed by atoms with van der Waals surface area (Å²) in [5.41, 5.74) is 4.90. The summed E-state index contributed by atoms with van der Waals surface area (Å²) in [5.74, 6) is 1.22. The van der Waals surface area contributed by atoms with Crippen molar-refractivity contribution in [3.63, 3.8) is 0 Å². The zero-order valence-corrected chi connectivity index (χ0v) is 30.8. The fourth-order valence-electron chi connectivity index (χ4n) is 7.15. The van der Waals surface area contributed by atoms with E-state index in [1.54, 1.807) is 12.1 Å². The summed E-state index contributed by atoms with van der Waals surface area (Å²) in [5, 5.41) is 10.9. The minimum atomic E-state index is -0.0845. The van der Waals surface area contributed by atoms with Crippen molar-refractivity contribution >= 4 is 46.0 Å². The highest BCUT2D eigenvalue weighted by molar-refractivity contribution is 6.30. The molecule has 0 amide bonds. The summed E-state index contributed by atoms with van der Waals surface area (Å²) >= 11 is 12.0. The molecule has 3 fully saturated rings. The van der Waals surface area contributed by atoms with Crippen LogP contribution in [0.5, 0.6) is 11.5 Å². The van der Waals surface area contributed by atoms with Crippen LogP contribution < -0.4 is 24.3 Å². The van der Waals surface area contributed by atoms with Crippen molar-refractivity contribution in [2.75, 3.05) is 66.5 Å². The van der Waals surface area contributed by atoms with E-state index >= 15 is 0 Å². The van der Waals surface area contributed by atoms with Crippen molar-refractivity contribution in [3.8, 4) is 11.5 Å². The molecule has 1 atom stereocenters. The molecule has 3 saturated heterocycles. The molecule has 0 spiro atoms. The smallest absolute Gasteiger partial charge is 0.199 e. The van der Waals surface area contributed by atoms with Crippen LogP contribution in [0.25, 0.3) is 0 Å². The van der Waals surface area contributed by atoms with Gasteiger partial charge in [0.15, 0.2) is 6.29 Å². The molecular formula is C41H50Cl2N4O3. The summed E-state index contributed by atoms with van der Waals surface area (Å²) in [4.78, 5) is 9.58. The monoisotopic (exact) mass is 716 g/mol. The Hall–Kier alpha value is -3.78. The van der Waals surface area contributed by atoms with Crippen molar-refractivity contribution in [3.05, 3.63) is 107 Å². The van der Waals surface area contributed by atoms with Crippen molar-refractivity contribution in [1.29, 1.82) is 0 Å². The Morgan fingerprint density at radius 3 is 1.46 bits per heavy atom. The lowest BCUT2D eigenvalue weighted by Crippen LogP contribution is -2.43. The highest BCUT2D eigenvalue weighted by atomic mass is 35.5. The van der Waals surface area contributed by atoms with E-state index in [9.17, 15) is 5.11 Å². The Labute approximate surface area is 307 Å². The zero-order valence-electron chi connectivity index (χ0n) is 29.3. The molecule has 0 bridgehead atoms. The third-order valence-corrected chi connectivity index (χ3v) is 10.8. The van der Waals surface area contributed by atoms with Gasteiger partial charge in [-0.15, -0.1) is 0 Å². The van der Waals surface area contributed by atoms with Gasteiger partial charge in [-0.3, -0.25) is 0 Å². The molecule has 3 aliphatic heterocycles. The molecule has 0 saturated carbocycles. The van der Waals surface area contributed by atoms with Crippen LogP contribution in [0.15, 0.2) is 97.1 Å². The summed E-state index contributed by atoms with van der Waals surface area (Å²) in [6.07, 6.45) is 7.76. The first kappa shape index (κ1) is 36.0. The van der Waals surface area contributed by atoms with Crippen molar-refractivity contribution in [2.45, 2.75) is 63.3 Å². The van der Waals surface area contributed by atoms with Gasteiger partial charge >= 0.3 is 0 Å². The molecular weight excluding hydrogens is 667 g/mol. The van der Waals surface area contributed by atoms with Gasteiger partial charge in [0, 0.05) is 91.6 Å². The van der Waals surface area contributed by atoms with Crippen molar-refractivity contribution in [2.24, 2.45) is 0 Å². The number of phenols is 1. The van der Waals surface area contributed by atoms with Gasteiger partial charge in [0.05, 0.1) is 6.61 Å². The van der Waals surface area contributed by atoms with E-state index < -0.39 is 0 Å². The summed E-state index contributed by atoms with van der Waals surface area (Å²) < 4.78 is 11.6. The molecule has 0 radical (unpaired) electrons. The maximum atomic E-state index is 9.38. The number of rotatable bonds is 8. The van der Waals surface area contributed by atoms with E-state index in [2.05, 4.69) is 82.2 Å². The third kappa shape index (κ3) is 9.71. The Morgan fingerprint density at radius 2 is 1.04 bits per heavy atom. The van der Waals surface area contributed by atoms with Gasteiger partial charge in [0.25, 0.3) is 0 Å². The second kappa shape index (κ2) is 17.4. The van der Waals surface area contributed by atoms with Crippen LogP contribution in [-0.2, 0) is 4.74 Å². The molecule has 3 aliphatic rings. The fourth-order valence-corrected chi connectivity index (χ4v) is 7.40. The van der Waals surface area contributed by atoms with Crippen LogP contribution in [-0.4, -0.2) is 70.4 Å². The molecule has 4 aromatic rings. The molecule has 9 heteroatoms. The molecule has 50 heavy (non-hydrogen) atoms. The number of aromatic hydroxyl groups is 1. The standard InChI is InChI=1S/C23H29ClN2O2.C18H21ClN2O/c1-25(19-7-5-18(24)6-8-19)20-13-15-26(16-14-20)21-9-11-22(12-10-21)28-23-4-2-3-17-27-23;1-20(15-4-2-14(19)3-5-15)16-10-12-21(13-11-16)17-6-8-18(22)9-7-17/h5-12,20,23H,2-4,13-17H2,1H3;2-9,16,22H,10-13H2,1H3. The third-order valence-electron chi connectivity index (χ3n) is 10.3. The van der Waals surface area contributed by atoms with Crippen LogP contribution in [0, 0.1) is 0 Å². The molecule has 266 valence electrons. The average Bonchev–Trinajstić information content (AvgIpc) is 3.16. The van der Waals surface area contributed by atoms with E-state index in [4.69, 9.17) is 32.7 Å². The maximum Gasteiger partial charge on any atom is 0.199 e. The Morgan fingerprint density at radius 1 is 0.600 bits per heavy atom. The van der Waals surface area contributed by atoms with E-state index in [0.29, 0.717) is 17.8 Å². The Bertz CT molecular complexity index is 1580. The van der Waals surface area contributed by atoms with Crippen LogP contribution in [0.1, 0.15) is 44.9 Å². The van der Waals surface area contributed by atoms with Gasteiger partial charge < -0.3 is 34.2 Å². The number of phenolic OH excluding ortho intramolecular Hbond substituents is 1. The second-order valence-corrected chi connectivity index (χ2v) is 14.4. The van der Waals surface area contributed by atoms with E-state index in [1.165, 1.54) is 29.2 Å². The summed E-state index contributed by atoms with van der Waals surface area (Å²) in [6.45, 7) is 5.01. The van der Waals surface area contributed by atoms with Crippen molar-refractivity contribution in [1.82, 2.24) is 0 Å². The van der Waals surface area contributed by atoms with Gasteiger partial charge in [0.1, 0.15) is 11.5 Å². The van der Waals surface area contributed by atoms with Crippen LogP contribution >= 0.6 is 23.2 Å². The van der Waals surface area contributed by atoms with Gasteiger partial charge in [-0.2, -0.15) is 0 Å². The number of hydrogen-bond acceptors (Lipinski definition) is 7. The average molecular weight is 718 g/mol. The number of benzene rings is 4.